The van der Waals surface area contributed by atoms with E-state index >= 15 is 0 Å². The lowest BCUT2D eigenvalue weighted by atomic mass is 9.90. The number of ether oxygens (including phenoxy) is 2. The van der Waals surface area contributed by atoms with Crippen molar-refractivity contribution < 1.29 is 14.3 Å². The van der Waals surface area contributed by atoms with Gasteiger partial charge in [0.1, 0.15) is 11.5 Å². The van der Waals surface area contributed by atoms with Crippen LogP contribution >= 0.6 is 0 Å². The summed E-state index contributed by atoms with van der Waals surface area (Å²) in [6.45, 7) is 8.26. The van der Waals surface area contributed by atoms with Crippen LogP contribution in [0.1, 0.15) is 39.5 Å². The number of benzene rings is 3. The van der Waals surface area contributed by atoms with Crippen molar-refractivity contribution >= 4 is 17.4 Å². The number of piperazine rings is 1. The second kappa shape index (κ2) is 12.9. The third kappa shape index (κ3) is 7.24. The molecule has 1 aliphatic carbocycles. The molecule has 2 aliphatic rings. The number of amides is 2. The van der Waals surface area contributed by atoms with Gasteiger partial charge in [0.25, 0.3) is 0 Å². The van der Waals surface area contributed by atoms with Gasteiger partial charge in [0.05, 0.1) is 17.5 Å². The molecule has 1 saturated carbocycles. The Labute approximate surface area is 232 Å². The van der Waals surface area contributed by atoms with Gasteiger partial charge in [0, 0.05) is 38.3 Å². The van der Waals surface area contributed by atoms with Crippen LogP contribution in [0.15, 0.2) is 78.9 Å². The van der Waals surface area contributed by atoms with E-state index in [1.165, 1.54) is 5.69 Å². The summed E-state index contributed by atoms with van der Waals surface area (Å²) >= 11 is 0. The summed E-state index contributed by atoms with van der Waals surface area (Å²) in [4.78, 5) is 17.9. The molecule has 0 radical (unpaired) electrons. The molecule has 0 atom stereocenters. The van der Waals surface area contributed by atoms with Crippen molar-refractivity contribution in [3.63, 3.8) is 0 Å². The number of carbonyl (C=O) groups excluding carboxylic acids is 1. The number of para-hydroxylation sites is 5. The summed E-state index contributed by atoms with van der Waals surface area (Å²) in [5.41, 5.74) is 1.85. The van der Waals surface area contributed by atoms with Crippen LogP contribution in [0.3, 0.4) is 0 Å². The Balaban J connectivity index is 1.08. The van der Waals surface area contributed by atoms with Gasteiger partial charge < -0.3 is 25.0 Å². The standard InChI is InChI=1S/C32H40N4O3/c1-24(2)38-31-15-9-7-13-29(31)36-22-20-35(21-23-36)26-18-16-25(17-19-26)33-32(37)34-28-12-6-8-14-30(28)39-27-10-4-3-5-11-27/h3-15,24-26H,16-23H2,1-2H3,(H2,33,34,37). The summed E-state index contributed by atoms with van der Waals surface area (Å²) in [7, 11) is 0. The van der Waals surface area contributed by atoms with E-state index in [0.29, 0.717) is 17.5 Å². The average Bonchev–Trinajstić information content (AvgIpc) is 2.95. The third-order valence-corrected chi connectivity index (χ3v) is 7.54. The number of nitrogens with one attached hydrogen (secondary N) is 2. The van der Waals surface area contributed by atoms with Crippen LogP contribution < -0.4 is 25.0 Å². The minimum absolute atomic E-state index is 0.163. The topological polar surface area (TPSA) is 66.1 Å². The molecule has 0 unspecified atom stereocenters. The highest BCUT2D eigenvalue weighted by Gasteiger charge is 2.29. The summed E-state index contributed by atoms with van der Waals surface area (Å²) < 4.78 is 12.0. The smallest absolute Gasteiger partial charge is 0.319 e. The maximum Gasteiger partial charge on any atom is 0.319 e. The van der Waals surface area contributed by atoms with Crippen LogP contribution in [-0.4, -0.2) is 55.3 Å². The van der Waals surface area contributed by atoms with Gasteiger partial charge in [-0.3, -0.25) is 4.90 Å². The van der Waals surface area contributed by atoms with Gasteiger partial charge in [0.2, 0.25) is 0 Å². The predicted molar refractivity (Wildman–Crippen MR) is 157 cm³/mol. The maximum absolute atomic E-state index is 12.8. The van der Waals surface area contributed by atoms with Gasteiger partial charge >= 0.3 is 6.03 Å². The Bertz CT molecular complexity index is 1200. The van der Waals surface area contributed by atoms with Crippen LogP contribution in [-0.2, 0) is 0 Å². The van der Waals surface area contributed by atoms with E-state index in [0.717, 1.165) is 63.4 Å². The molecule has 0 spiro atoms. The normalized spacial score (nSPS) is 19.9. The molecule has 1 aliphatic heterocycles. The number of hydrogen-bond acceptors (Lipinski definition) is 5. The highest BCUT2D eigenvalue weighted by atomic mass is 16.5. The lowest BCUT2D eigenvalue weighted by molar-refractivity contribution is 0.137. The summed E-state index contributed by atoms with van der Waals surface area (Å²) in [5, 5.41) is 6.17. The Morgan fingerprint density at radius 3 is 2.15 bits per heavy atom. The maximum atomic E-state index is 12.8. The van der Waals surface area contributed by atoms with E-state index in [2.05, 4.69) is 52.5 Å². The molecule has 2 N–H and O–H groups in total. The number of carbonyl (C=O) groups is 1. The van der Waals surface area contributed by atoms with Crippen molar-refractivity contribution in [2.24, 2.45) is 0 Å². The van der Waals surface area contributed by atoms with Gasteiger partial charge in [-0.25, -0.2) is 4.79 Å². The first-order valence-electron chi connectivity index (χ1n) is 14.2. The van der Waals surface area contributed by atoms with Crippen LogP contribution in [0.2, 0.25) is 0 Å². The van der Waals surface area contributed by atoms with Crippen molar-refractivity contribution in [2.45, 2.75) is 57.7 Å². The van der Waals surface area contributed by atoms with E-state index in [4.69, 9.17) is 9.47 Å². The first-order valence-corrected chi connectivity index (χ1v) is 14.2. The zero-order chi connectivity index (χ0) is 27.0. The summed E-state index contributed by atoms with van der Waals surface area (Å²) in [6.07, 6.45) is 4.35. The highest BCUT2D eigenvalue weighted by Crippen LogP contribution is 2.32. The van der Waals surface area contributed by atoms with Crippen molar-refractivity contribution in [3.05, 3.63) is 78.9 Å². The number of rotatable bonds is 8. The molecule has 7 nitrogen and oxygen atoms in total. The fraction of sp³-hybridized carbons (Fsp3) is 0.406. The predicted octanol–water partition coefficient (Wildman–Crippen LogP) is 6.52. The Morgan fingerprint density at radius 1 is 0.795 bits per heavy atom. The van der Waals surface area contributed by atoms with Crippen LogP contribution in [0.4, 0.5) is 16.2 Å². The van der Waals surface area contributed by atoms with E-state index in [-0.39, 0.29) is 18.2 Å². The molecule has 0 aromatic heterocycles. The summed E-state index contributed by atoms with van der Waals surface area (Å²) in [5.74, 6) is 2.33. The van der Waals surface area contributed by atoms with Crippen LogP contribution in [0.25, 0.3) is 0 Å². The molecule has 0 bridgehead atoms. The van der Waals surface area contributed by atoms with Gasteiger partial charge in [-0.2, -0.15) is 0 Å². The Hall–Kier alpha value is -3.71. The number of anilines is 2. The minimum atomic E-state index is -0.182. The second-order valence-corrected chi connectivity index (χ2v) is 10.7. The van der Waals surface area contributed by atoms with E-state index in [9.17, 15) is 4.79 Å². The molecule has 2 fully saturated rings. The largest absolute Gasteiger partial charge is 0.489 e. The molecule has 1 heterocycles. The first-order chi connectivity index (χ1) is 19.0. The molecule has 5 rings (SSSR count). The van der Waals surface area contributed by atoms with Crippen molar-refractivity contribution in [1.82, 2.24) is 10.2 Å². The Morgan fingerprint density at radius 2 is 1.44 bits per heavy atom. The first kappa shape index (κ1) is 26.9. The van der Waals surface area contributed by atoms with E-state index in [1.54, 1.807) is 0 Å². The number of urea groups is 1. The molecule has 1 saturated heterocycles. The van der Waals surface area contributed by atoms with E-state index in [1.807, 2.05) is 60.7 Å². The highest BCUT2D eigenvalue weighted by molar-refractivity contribution is 5.91. The molecule has 3 aromatic rings. The van der Waals surface area contributed by atoms with Gasteiger partial charge in [-0.15, -0.1) is 0 Å². The number of hydrogen-bond donors (Lipinski definition) is 2. The summed E-state index contributed by atoms with van der Waals surface area (Å²) in [6, 6.07) is 26.1. The van der Waals surface area contributed by atoms with Crippen LogP contribution in [0, 0.1) is 0 Å². The zero-order valence-corrected chi connectivity index (χ0v) is 23.0. The molecular weight excluding hydrogens is 488 g/mol. The van der Waals surface area contributed by atoms with E-state index < -0.39 is 0 Å². The average molecular weight is 529 g/mol. The third-order valence-electron chi connectivity index (χ3n) is 7.54. The SMILES string of the molecule is CC(C)Oc1ccccc1N1CCN(C2CCC(NC(=O)Nc3ccccc3Oc3ccccc3)CC2)CC1. The quantitative estimate of drug-likeness (QED) is 0.348. The zero-order valence-electron chi connectivity index (χ0n) is 23.0. The fourth-order valence-corrected chi connectivity index (χ4v) is 5.60. The lowest BCUT2D eigenvalue weighted by Gasteiger charge is -2.43. The monoisotopic (exact) mass is 528 g/mol. The molecular formula is C32H40N4O3. The molecule has 7 heteroatoms. The number of nitrogens with zero attached hydrogens (tertiary/aromatic N) is 2. The van der Waals surface area contributed by atoms with Crippen molar-refractivity contribution in [1.29, 1.82) is 0 Å². The Kier molecular flexibility index (Phi) is 8.89. The fourth-order valence-electron chi connectivity index (χ4n) is 5.60. The van der Waals surface area contributed by atoms with Crippen LogP contribution in [0.5, 0.6) is 17.2 Å². The van der Waals surface area contributed by atoms with Crippen molar-refractivity contribution in [3.8, 4) is 17.2 Å². The second-order valence-electron chi connectivity index (χ2n) is 10.7. The van der Waals surface area contributed by atoms with Gasteiger partial charge in [0.15, 0.2) is 5.75 Å². The molecule has 39 heavy (non-hydrogen) atoms. The molecule has 2 amide bonds. The van der Waals surface area contributed by atoms with Gasteiger partial charge in [-0.05, 0) is 75.9 Å². The van der Waals surface area contributed by atoms with Gasteiger partial charge in [-0.1, -0.05) is 42.5 Å². The minimum Gasteiger partial charge on any atom is -0.489 e. The molecule has 3 aromatic carbocycles. The lowest BCUT2D eigenvalue weighted by Crippen LogP contribution is -2.52. The molecule has 206 valence electrons. The van der Waals surface area contributed by atoms with Crippen molar-refractivity contribution in [2.75, 3.05) is 36.4 Å².